The Morgan fingerprint density at radius 1 is 1.18 bits per heavy atom. The predicted molar refractivity (Wildman–Crippen MR) is 90.0 cm³/mol. The Bertz CT molecular complexity index is 822. The number of fused-ring (bicyclic) bond motifs is 3. The molecule has 0 aliphatic heterocycles. The van der Waals surface area contributed by atoms with Crippen molar-refractivity contribution in [3.8, 4) is 0 Å². The molecule has 116 valence electrons. The van der Waals surface area contributed by atoms with Crippen molar-refractivity contribution in [2.24, 2.45) is 7.05 Å². The van der Waals surface area contributed by atoms with Gasteiger partial charge in [0.1, 0.15) is 10.6 Å². The van der Waals surface area contributed by atoms with E-state index in [2.05, 4.69) is 0 Å². The first-order valence-corrected chi connectivity index (χ1v) is 9.55. The minimum absolute atomic E-state index is 0.0314. The van der Waals surface area contributed by atoms with Crippen LogP contribution in [0, 0.1) is 0 Å². The Morgan fingerprint density at radius 3 is 2.86 bits per heavy atom. The molecule has 1 atom stereocenters. The van der Waals surface area contributed by atoms with Crippen LogP contribution in [0.2, 0.25) is 0 Å². The minimum Gasteiger partial charge on any atom is -0.298 e. The molecule has 1 saturated carbocycles. The van der Waals surface area contributed by atoms with E-state index in [0.717, 1.165) is 48.7 Å². The number of ketones is 1. The van der Waals surface area contributed by atoms with E-state index in [9.17, 15) is 9.59 Å². The first-order valence-electron chi connectivity index (χ1n) is 7.86. The van der Waals surface area contributed by atoms with Crippen LogP contribution in [0.1, 0.15) is 42.5 Å². The summed E-state index contributed by atoms with van der Waals surface area (Å²) in [6.45, 7) is 0. The molecule has 2 heterocycles. The highest BCUT2D eigenvalue weighted by molar-refractivity contribution is 8.00. The van der Waals surface area contributed by atoms with Crippen LogP contribution < -0.4 is 5.56 Å². The zero-order valence-electron chi connectivity index (χ0n) is 12.6. The molecule has 0 aromatic carbocycles. The molecule has 2 aromatic heterocycles. The second-order valence-electron chi connectivity index (χ2n) is 6.11. The van der Waals surface area contributed by atoms with Crippen molar-refractivity contribution in [1.82, 2.24) is 9.55 Å². The largest absolute Gasteiger partial charge is 0.298 e. The van der Waals surface area contributed by atoms with Crippen molar-refractivity contribution in [3.63, 3.8) is 0 Å². The number of aryl methyl sites for hydroxylation is 2. The molecule has 4 rings (SSSR count). The summed E-state index contributed by atoms with van der Waals surface area (Å²) in [5.74, 6) is 0.305. The van der Waals surface area contributed by atoms with Crippen LogP contribution in [0.5, 0.6) is 0 Å². The summed E-state index contributed by atoms with van der Waals surface area (Å²) in [5, 5.41) is 1.48. The number of aromatic nitrogens is 2. The summed E-state index contributed by atoms with van der Waals surface area (Å²) < 4.78 is 1.64. The lowest BCUT2D eigenvalue weighted by Gasteiger charge is -2.20. The van der Waals surface area contributed by atoms with Gasteiger partial charge in [-0.05, 0) is 37.7 Å². The molecule has 0 amide bonds. The van der Waals surface area contributed by atoms with E-state index in [1.54, 1.807) is 23.0 Å². The smallest absolute Gasteiger partial charge is 0.262 e. The molecule has 2 aliphatic rings. The maximum absolute atomic E-state index is 12.7. The number of nitrogens with zero attached hydrogens (tertiary/aromatic N) is 2. The normalized spacial score (nSPS) is 21.5. The zero-order valence-corrected chi connectivity index (χ0v) is 14.2. The van der Waals surface area contributed by atoms with Crippen LogP contribution in [-0.4, -0.2) is 20.6 Å². The van der Waals surface area contributed by atoms with Crippen molar-refractivity contribution in [1.29, 1.82) is 0 Å². The molecule has 4 nitrogen and oxygen atoms in total. The fourth-order valence-electron chi connectivity index (χ4n) is 3.41. The molecule has 0 bridgehead atoms. The Labute approximate surface area is 136 Å². The van der Waals surface area contributed by atoms with Gasteiger partial charge in [0.05, 0.1) is 10.6 Å². The van der Waals surface area contributed by atoms with Crippen LogP contribution >= 0.6 is 23.1 Å². The van der Waals surface area contributed by atoms with Crippen LogP contribution in [0.4, 0.5) is 0 Å². The average molecular weight is 334 g/mol. The summed E-state index contributed by atoms with van der Waals surface area (Å²) >= 11 is 3.14. The molecule has 0 N–H and O–H groups in total. The second-order valence-corrected chi connectivity index (χ2v) is 8.37. The van der Waals surface area contributed by atoms with Gasteiger partial charge < -0.3 is 0 Å². The molecular weight excluding hydrogens is 316 g/mol. The van der Waals surface area contributed by atoms with E-state index in [1.165, 1.54) is 22.2 Å². The number of thiophene rings is 1. The second kappa shape index (κ2) is 5.49. The van der Waals surface area contributed by atoms with Crippen molar-refractivity contribution in [3.05, 3.63) is 20.8 Å². The topological polar surface area (TPSA) is 52.0 Å². The van der Waals surface area contributed by atoms with E-state index < -0.39 is 0 Å². The number of hydrogen-bond donors (Lipinski definition) is 0. The highest BCUT2D eigenvalue weighted by Gasteiger charge is 2.27. The van der Waals surface area contributed by atoms with E-state index in [0.29, 0.717) is 17.4 Å². The van der Waals surface area contributed by atoms with Crippen LogP contribution in [0.15, 0.2) is 9.95 Å². The maximum atomic E-state index is 12.7. The maximum Gasteiger partial charge on any atom is 0.262 e. The standard InChI is InChI=1S/C16H18N2O2S2/c1-18-15(20)13-9-5-4-8-11(9)21-14(13)17-16(18)22-12-7-3-2-6-10(12)19/h12H,2-8H2,1H3/t12-/m0/s1. The lowest BCUT2D eigenvalue weighted by atomic mass is 9.99. The van der Waals surface area contributed by atoms with Crippen molar-refractivity contribution in [2.75, 3.05) is 0 Å². The average Bonchev–Trinajstić information content (AvgIpc) is 3.07. The Balaban J connectivity index is 1.77. The van der Waals surface area contributed by atoms with E-state index in [4.69, 9.17) is 4.98 Å². The van der Waals surface area contributed by atoms with Gasteiger partial charge >= 0.3 is 0 Å². The third kappa shape index (κ3) is 2.24. The molecule has 0 unspecified atom stereocenters. The van der Waals surface area contributed by atoms with Gasteiger partial charge in [-0.2, -0.15) is 0 Å². The molecule has 6 heteroatoms. The van der Waals surface area contributed by atoms with Crippen molar-refractivity contribution < 1.29 is 4.79 Å². The molecule has 22 heavy (non-hydrogen) atoms. The highest BCUT2D eigenvalue weighted by Crippen LogP contribution is 2.36. The molecule has 0 radical (unpaired) electrons. The third-order valence-corrected chi connectivity index (χ3v) is 7.20. The van der Waals surface area contributed by atoms with Gasteiger partial charge in [0.25, 0.3) is 5.56 Å². The number of carbonyl (C=O) groups is 1. The van der Waals surface area contributed by atoms with Gasteiger partial charge in [0.15, 0.2) is 5.16 Å². The summed E-state index contributed by atoms with van der Waals surface area (Å²) in [4.78, 5) is 31.7. The van der Waals surface area contributed by atoms with Gasteiger partial charge in [0, 0.05) is 18.3 Å². The highest BCUT2D eigenvalue weighted by atomic mass is 32.2. The molecule has 0 saturated heterocycles. The first-order chi connectivity index (χ1) is 10.6. The molecule has 1 fully saturated rings. The summed E-state index contributed by atoms with van der Waals surface area (Å²) in [7, 11) is 1.78. The molecule has 2 aliphatic carbocycles. The summed E-state index contributed by atoms with van der Waals surface area (Å²) in [5.41, 5.74) is 1.27. The molecular formula is C16H18N2O2S2. The van der Waals surface area contributed by atoms with Crippen LogP contribution in [-0.2, 0) is 24.7 Å². The minimum atomic E-state index is -0.0314. The lowest BCUT2D eigenvalue weighted by Crippen LogP contribution is -2.25. The van der Waals surface area contributed by atoms with Crippen molar-refractivity contribution >= 4 is 39.1 Å². The molecule has 0 spiro atoms. The van der Waals surface area contributed by atoms with Gasteiger partial charge in [-0.15, -0.1) is 11.3 Å². The fourth-order valence-corrected chi connectivity index (χ4v) is 5.90. The van der Waals surface area contributed by atoms with E-state index >= 15 is 0 Å². The van der Waals surface area contributed by atoms with Crippen LogP contribution in [0.3, 0.4) is 0 Å². The zero-order chi connectivity index (χ0) is 15.3. The van der Waals surface area contributed by atoms with E-state index in [1.807, 2.05) is 0 Å². The SMILES string of the molecule is Cn1c(S[C@H]2CCCCC2=O)nc2sc3c(c2c1=O)CCC3. The van der Waals surface area contributed by atoms with Crippen LogP contribution in [0.25, 0.3) is 10.2 Å². The Hall–Kier alpha value is -1.14. The first kappa shape index (κ1) is 14.5. The third-order valence-electron chi connectivity index (χ3n) is 4.65. The lowest BCUT2D eigenvalue weighted by molar-refractivity contribution is -0.119. The summed E-state index contributed by atoms with van der Waals surface area (Å²) in [6.07, 6.45) is 6.88. The predicted octanol–water partition coefficient (Wildman–Crippen LogP) is 3.09. The van der Waals surface area contributed by atoms with Crippen molar-refractivity contribution in [2.45, 2.75) is 55.4 Å². The summed E-state index contributed by atoms with van der Waals surface area (Å²) in [6, 6.07) is 0. The van der Waals surface area contributed by atoms with E-state index in [-0.39, 0.29) is 10.8 Å². The van der Waals surface area contributed by atoms with Gasteiger partial charge in [-0.25, -0.2) is 4.98 Å². The van der Waals surface area contributed by atoms with Gasteiger partial charge in [-0.3, -0.25) is 14.2 Å². The quantitative estimate of drug-likeness (QED) is 0.792. The Morgan fingerprint density at radius 2 is 2.05 bits per heavy atom. The monoisotopic (exact) mass is 334 g/mol. The number of rotatable bonds is 2. The Kier molecular flexibility index (Phi) is 3.61. The molecule has 2 aromatic rings. The fraction of sp³-hybridized carbons (Fsp3) is 0.562. The van der Waals surface area contributed by atoms with Gasteiger partial charge in [-0.1, -0.05) is 18.2 Å². The number of Topliss-reactive ketones (excluding diaryl/α,β-unsaturated/α-hetero) is 1. The number of hydrogen-bond acceptors (Lipinski definition) is 5. The van der Waals surface area contributed by atoms with Gasteiger partial charge in [0.2, 0.25) is 0 Å². The number of thioether (sulfide) groups is 1. The number of carbonyl (C=O) groups excluding carboxylic acids is 1.